The molecule has 0 aliphatic heterocycles. The Labute approximate surface area is 110 Å². The number of aliphatic hydroxyl groups is 1. The van der Waals surface area contributed by atoms with E-state index in [4.69, 9.17) is 5.11 Å². The van der Waals surface area contributed by atoms with E-state index in [1.165, 1.54) is 6.07 Å². The predicted octanol–water partition coefficient (Wildman–Crippen LogP) is 2.33. The number of non-ortho nitro benzene ring substituents is 1. The summed E-state index contributed by atoms with van der Waals surface area (Å²) in [6.45, 7) is 0.866. The molecule has 100 valence electrons. The van der Waals surface area contributed by atoms with E-state index in [1.54, 1.807) is 24.4 Å². The van der Waals surface area contributed by atoms with Crippen LogP contribution in [0.3, 0.4) is 0 Å². The van der Waals surface area contributed by atoms with Crippen molar-refractivity contribution in [3.05, 3.63) is 40.6 Å². The maximum absolute atomic E-state index is 11.0. The normalized spacial score (nSPS) is 10.6. The average Bonchev–Trinajstić information content (AvgIpc) is 2.43. The SMILES string of the molecule is O=[N+]([O-])c1ccc(NCCCCO)c2ncccc12. The highest BCUT2D eigenvalue weighted by atomic mass is 16.6. The first-order valence-electron chi connectivity index (χ1n) is 6.11. The summed E-state index contributed by atoms with van der Waals surface area (Å²) < 4.78 is 0. The number of nitro benzene ring substituents is 1. The van der Waals surface area contributed by atoms with Crippen LogP contribution in [0.1, 0.15) is 12.8 Å². The first-order chi connectivity index (χ1) is 9.24. The van der Waals surface area contributed by atoms with Crippen LogP contribution in [0.25, 0.3) is 10.9 Å². The minimum absolute atomic E-state index is 0.0593. The fourth-order valence-corrected chi connectivity index (χ4v) is 1.92. The van der Waals surface area contributed by atoms with Crippen LogP contribution in [0, 0.1) is 10.1 Å². The van der Waals surface area contributed by atoms with Crippen LogP contribution in [-0.4, -0.2) is 28.2 Å². The molecular weight excluding hydrogens is 246 g/mol. The Morgan fingerprint density at radius 1 is 1.32 bits per heavy atom. The molecule has 2 aromatic rings. The van der Waals surface area contributed by atoms with Gasteiger partial charge in [-0.25, -0.2) is 0 Å². The third-order valence-corrected chi connectivity index (χ3v) is 2.84. The lowest BCUT2D eigenvalue weighted by Gasteiger charge is -2.08. The van der Waals surface area contributed by atoms with Crippen molar-refractivity contribution >= 4 is 22.3 Å². The average molecular weight is 261 g/mol. The molecule has 19 heavy (non-hydrogen) atoms. The summed E-state index contributed by atoms with van der Waals surface area (Å²) in [5.74, 6) is 0. The quantitative estimate of drug-likeness (QED) is 0.473. The van der Waals surface area contributed by atoms with Crippen molar-refractivity contribution in [2.75, 3.05) is 18.5 Å². The van der Waals surface area contributed by atoms with Gasteiger partial charge in [0.05, 0.1) is 16.0 Å². The molecule has 0 amide bonds. The van der Waals surface area contributed by atoms with Crippen molar-refractivity contribution in [2.24, 2.45) is 0 Å². The molecule has 2 rings (SSSR count). The fraction of sp³-hybridized carbons (Fsp3) is 0.308. The molecule has 0 spiro atoms. The molecule has 0 saturated carbocycles. The highest BCUT2D eigenvalue weighted by Gasteiger charge is 2.14. The lowest BCUT2D eigenvalue weighted by Crippen LogP contribution is -2.04. The van der Waals surface area contributed by atoms with Gasteiger partial charge in [0.25, 0.3) is 5.69 Å². The Morgan fingerprint density at radius 2 is 2.16 bits per heavy atom. The van der Waals surface area contributed by atoms with Gasteiger partial charge in [0.1, 0.15) is 5.52 Å². The van der Waals surface area contributed by atoms with Gasteiger partial charge < -0.3 is 10.4 Å². The number of unbranched alkanes of at least 4 members (excludes halogenated alkanes) is 1. The van der Waals surface area contributed by atoms with Gasteiger partial charge in [0.2, 0.25) is 0 Å². The van der Waals surface area contributed by atoms with Gasteiger partial charge in [0.15, 0.2) is 0 Å². The largest absolute Gasteiger partial charge is 0.396 e. The van der Waals surface area contributed by atoms with Crippen molar-refractivity contribution in [3.8, 4) is 0 Å². The number of nitrogens with zero attached hydrogens (tertiary/aromatic N) is 2. The zero-order valence-electron chi connectivity index (χ0n) is 10.4. The van der Waals surface area contributed by atoms with E-state index in [2.05, 4.69) is 10.3 Å². The molecule has 1 aromatic heterocycles. The van der Waals surface area contributed by atoms with Gasteiger partial charge in [-0.05, 0) is 31.0 Å². The van der Waals surface area contributed by atoms with Crippen LogP contribution in [-0.2, 0) is 0 Å². The Balaban J connectivity index is 2.30. The summed E-state index contributed by atoms with van der Waals surface area (Å²) >= 11 is 0. The molecule has 1 heterocycles. The van der Waals surface area contributed by atoms with E-state index < -0.39 is 4.92 Å². The highest BCUT2D eigenvalue weighted by molar-refractivity contribution is 5.96. The number of benzene rings is 1. The number of hydrogen-bond acceptors (Lipinski definition) is 5. The van der Waals surface area contributed by atoms with E-state index in [9.17, 15) is 10.1 Å². The maximum atomic E-state index is 11.0. The molecule has 6 heteroatoms. The molecule has 2 N–H and O–H groups in total. The van der Waals surface area contributed by atoms with E-state index in [0.717, 1.165) is 18.5 Å². The predicted molar refractivity (Wildman–Crippen MR) is 73.2 cm³/mol. The second kappa shape index (κ2) is 6.10. The number of aliphatic hydroxyl groups excluding tert-OH is 1. The number of anilines is 1. The molecule has 0 fully saturated rings. The van der Waals surface area contributed by atoms with Crippen LogP contribution in [0.4, 0.5) is 11.4 Å². The molecule has 0 aliphatic carbocycles. The molecule has 0 bridgehead atoms. The van der Waals surface area contributed by atoms with Gasteiger partial charge in [0, 0.05) is 25.4 Å². The summed E-state index contributed by atoms with van der Waals surface area (Å²) in [7, 11) is 0. The van der Waals surface area contributed by atoms with Crippen LogP contribution in [0.2, 0.25) is 0 Å². The van der Waals surface area contributed by atoms with Crippen molar-refractivity contribution in [3.63, 3.8) is 0 Å². The van der Waals surface area contributed by atoms with E-state index in [1.807, 2.05) is 0 Å². The molecule has 1 aromatic carbocycles. The van der Waals surface area contributed by atoms with Crippen LogP contribution >= 0.6 is 0 Å². The number of aromatic nitrogens is 1. The number of fused-ring (bicyclic) bond motifs is 1. The van der Waals surface area contributed by atoms with Gasteiger partial charge in [-0.1, -0.05) is 0 Å². The van der Waals surface area contributed by atoms with E-state index in [0.29, 0.717) is 17.4 Å². The number of hydrogen-bond donors (Lipinski definition) is 2. The topological polar surface area (TPSA) is 88.3 Å². The van der Waals surface area contributed by atoms with Crippen molar-refractivity contribution in [1.82, 2.24) is 4.98 Å². The zero-order chi connectivity index (χ0) is 13.7. The summed E-state index contributed by atoms with van der Waals surface area (Å²) in [5, 5.41) is 23.4. The standard InChI is InChI=1S/C13H15N3O3/c17-9-2-1-7-14-11-5-6-12(16(18)19)10-4-3-8-15-13(10)11/h3-6,8,14,17H,1-2,7,9H2. The van der Waals surface area contributed by atoms with Crippen LogP contribution < -0.4 is 5.32 Å². The van der Waals surface area contributed by atoms with Crippen molar-refractivity contribution in [1.29, 1.82) is 0 Å². The van der Waals surface area contributed by atoms with Crippen molar-refractivity contribution in [2.45, 2.75) is 12.8 Å². The third-order valence-electron chi connectivity index (χ3n) is 2.84. The maximum Gasteiger partial charge on any atom is 0.278 e. The molecule has 0 aliphatic rings. The molecular formula is C13H15N3O3. The summed E-state index contributed by atoms with van der Waals surface area (Å²) in [4.78, 5) is 14.8. The Hall–Kier alpha value is -2.21. The lowest BCUT2D eigenvalue weighted by molar-refractivity contribution is -0.383. The van der Waals surface area contributed by atoms with E-state index in [-0.39, 0.29) is 12.3 Å². The molecule has 0 saturated heterocycles. The monoisotopic (exact) mass is 261 g/mol. The van der Waals surface area contributed by atoms with Gasteiger partial charge in [-0.15, -0.1) is 0 Å². The Bertz CT molecular complexity index is 586. The summed E-state index contributed by atoms with van der Waals surface area (Å²) in [6, 6.07) is 6.54. The number of rotatable bonds is 6. The Kier molecular flexibility index (Phi) is 4.25. The first kappa shape index (κ1) is 13.2. The van der Waals surface area contributed by atoms with Gasteiger partial charge in [-0.2, -0.15) is 0 Å². The number of nitro groups is 1. The highest BCUT2D eigenvalue weighted by Crippen LogP contribution is 2.29. The van der Waals surface area contributed by atoms with Crippen LogP contribution in [0.5, 0.6) is 0 Å². The molecule has 6 nitrogen and oxygen atoms in total. The van der Waals surface area contributed by atoms with Gasteiger partial charge >= 0.3 is 0 Å². The zero-order valence-corrected chi connectivity index (χ0v) is 10.4. The second-order valence-electron chi connectivity index (χ2n) is 4.15. The number of nitrogens with one attached hydrogen (secondary N) is 1. The van der Waals surface area contributed by atoms with Gasteiger partial charge in [-0.3, -0.25) is 15.1 Å². The third kappa shape index (κ3) is 2.97. The first-order valence-corrected chi connectivity index (χ1v) is 6.11. The summed E-state index contributed by atoms with van der Waals surface area (Å²) in [6.07, 6.45) is 3.18. The molecule has 0 radical (unpaired) electrons. The second-order valence-corrected chi connectivity index (χ2v) is 4.15. The number of pyridine rings is 1. The van der Waals surface area contributed by atoms with Crippen LogP contribution in [0.15, 0.2) is 30.5 Å². The lowest BCUT2D eigenvalue weighted by atomic mass is 10.1. The fourth-order valence-electron chi connectivity index (χ4n) is 1.92. The minimum Gasteiger partial charge on any atom is -0.396 e. The molecule has 0 unspecified atom stereocenters. The van der Waals surface area contributed by atoms with Crippen molar-refractivity contribution < 1.29 is 10.0 Å². The molecule has 0 atom stereocenters. The Morgan fingerprint density at radius 3 is 2.89 bits per heavy atom. The van der Waals surface area contributed by atoms with E-state index >= 15 is 0 Å². The summed E-state index contributed by atoms with van der Waals surface area (Å²) in [5.41, 5.74) is 1.43. The smallest absolute Gasteiger partial charge is 0.278 e. The minimum atomic E-state index is -0.403.